The lowest BCUT2D eigenvalue weighted by atomic mass is 9.96. The number of nitrogens with zero attached hydrogens (tertiary/aromatic N) is 3. The standard InChI is InChI=1S/C22H34N4O4/c1-15(2)30-17-12-20(27)26(13-17)18(11-16-7-5-6-8-16)21(28)23-19-9-10-25(24-19)14-22(3,4)29/h9-10,12,15-16,18,29H,5-8,11,13-14H2,1-4H3,(H,23,24,28)/t18-/m0/s1. The Balaban J connectivity index is 1.70. The van der Waals surface area contributed by atoms with Gasteiger partial charge in [-0.05, 0) is 40.0 Å². The molecule has 8 nitrogen and oxygen atoms in total. The molecule has 8 heteroatoms. The molecule has 2 aliphatic rings. The molecule has 1 fully saturated rings. The molecule has 30 heavy (non-hydrogen) atoms. The largest absolute Gasteiger partial charge is 0.493 e. The molecule has 0 spiro atoms. The predicted molar refractivity (Wildman–Crippen MR) is 114 cm³/mol. The smallest absolute Gasteiger partial charge is 0.251 e. The van der Waals surface area contributed by atoms with Crippen LogP contribution in [-0.4, -0.2) is 55.9 Å². The van der Waals surface area contributed by atoms with Crippen LogP contribution >= 0.6 is 0 Å². The Kier molecular flexibility index (Phi) is 6.85. The van der Waals surface area contributed by atoms with Gasteiger partial charge in [0.25, 0.3) is 5.91 Å². The van der Waals surface area contributed by atoms with E-state index in [1.165, 1.54) is 18.9 Å². The zero-order chi connectivity index (χ0) is 21.9. The lowest BCUT2D eigenvalue weighted by Gasteiger charge is -2.29. The van der Waals surface area contributed by atoms with Crippen molar-refractivity contribution in [2.45, 2.75) is 84.1 Å². The Bertz CT molecular complexity index is 787. The van der Waals surface area contributed by atoms with Gasteiger partial charge in [0.1, 0.15) is 11.8 Å². The molecule has 1 atom stereocenters. The van der Waals surface area contributed by atoms with Crippen molar-refractivity contribution in [3.05, 3.63) is 24.1 Å². The van der Waals surface area contributed by atoms with Gasteiger partial charge in [-0.3, -0.25) is 14.3 Å². The van der Waals surface area contributed by atoms with Gasteiger partial charge < -0.3 is 20.1 Å². The minimum Gasteiger partial charge on any atom is -0.493 e. The van der Waals surface area contributed by atoms with Gasteiger partial charge in [-0.1, -0.05) is 25.7 Å². The first-order valence-electron chi connectivity index (χ1n) is 10.9. The van der Waals surface area contributed by atoms with Crippen LogP contribution in [0.5, 0.6) is 0 Å². The lowest BCUT2D eigenvalue weighted by Crippen LogP contribution is -2.46. The van der Waals surface area contributed by atoms with Crippen LogP contribution in [0.4, 0.5) is 5.82 Å². The first-order valence-corrected chi connectivity index (χ1v) is 10.9. The summed E-state index contributed by atoms with van der Waals surface area (Å²) >= 11 is 0. The maximum absolute atomic E-state index is 13.2. The highest BCUT2D eigenvalue weighted by atomic mass is 16.5. The third-order valence-electron chi connectivity index (χ3n) is 5.43. The van der Waals surface area contributed by atoms with Gasteiger partial charge in [0.05, 0.1) is 24.8 Å². The van der Waals surface area contributed by atoms with Gasteiger partial charge in [-0.15, -0.1) is 0 Å². The van der Waals surface area contributed by atoms with Crippen molar-refractivity contribution in [1.82, 2.24) is 14.7 Å². The van der Waals surface area contributed by atoms with Crippen LogP contribution in [0.15, 0.2) is 24.1 Å². The highest BCUT2D eigenvalue weighted by molar-refractivity contribution is 5.99. The first kappa shape index (κ1) is 22.3. The molecule has 0 saturated heterocycles. The third kappa shape index (κ3) is 6.08. The Morgan fingerprint density at radius 3 is 2.70 bits per heavy atom. The van der Waals surface area contributed by atoms with Crippen LogP contribution in [0.3, 0.4) is 0 Å². The molecule has 0 bridgehead atoms. The molecule has 0 aromatic carbocycles. The molecular formula is C22H34N4O4. The summed E-state index contributed by atoms with van der Waals surface area (Å²) in [5.41, 5.74) is -0.904. The van der Waals surface area contributed by atoms with E-state index in [4.69, 9.17) is 4.74 Å². The van der Waals surface area contributed by atoms with Crippen molar-refractivity contribution in [3.63, 3.8) is 0 Å². The average Bonchev–Trinajstić information content (AvgIpc) is 3.33. The molecular weight excluding hydrogens is 384 g/mol. The average molecular weight is 419 g/mol. The Labute approximate surface area is 178 Å². The van der Waals surface area contributed by atoms with Gasteiger partial charge >= 0.3 is 0 Å². The second-order valence-electron chi connectivity index (χ2n) is 9.35. The Morgan fingerprint density at radius 2 is 2.07 bits per heavy atom. The van der Waals surface area contributed by atoms with Gasteiger partial charge in [0, 0.05) is 18.3 Å². The van der Waals surface area contributed by atoms with Crippen LogP contribution in [0.2, 0.25) is 0 Å². The summed E-state index contributed by atoms with van der Waals surface area (Å²) in [5.74, 6) is 1.04. The number of anilines is 1. The first-order chi connectivity index (χ1) is 14.1. The fraction of sp³-hybridized carbons (Fsp3) is 0.682. The third-order valence-corrected chi connectivity index (χ3v) is 5.43. The highest BCUT2D eigenvalue weighted by Crippen LogP contribution is 2.31. The van der Waals surface area contributed by atoms with Crippen LogP contribution in [0, 0.1) is 5.92 Å². The number of amides is 2. The van der Waals surface area contributed by atoms with Crippen molar-refractivity contribution < 1.29 is 19.4 Å². The van der Waals surface area contributed by atoms with E-state index in [0.29, 0.717) is 37.0 Å². The predicted octanol–water partition coefficient (Wildman–Crippen LogP) is 2.69. The number of aliphatic hydroxyl groups is 1. The van der Waals surface area contributed by atoms with Gasteiger partial charge in [0.2, 0.25) is 5.91 Å². The summed E-state index contributed by atoms with van der Waals surface area (Å²) in [6.07, 6.45) is 8.37. The molecule has 1 aromatic rings. The van der Waals surface area contributed by atoms with Gasteiger partial charge in [0.15, 0.2) is 5.82 Å². The van der Waals surface area contributed by atoms with Crippen LogP contribution in [0.25, 0.3) is 0 Å². The van der Waals surface area contributed by atoms with Crippen molar-refractivity contribution in [1.29, 1.82) is 0 Å². The second kappa shape index (κ2) is 9.20. The number of carbonyl (C=O) groups excluding carboxylic acids is 2. The van der Waals surface area contributed by atoms with Crippen LogP contribution < -0.4 is 5.32 Å². The summed E-state index contributed by atoms with van der Waals surface area (Å²) in [4.78, 5) is 27.4. The quantitative estimate of drug-likeness (QED) is 0.643. The van der Waals surface area contributed by atoms with E-state index >= 15 is 0 Å². The fourth-order valence-electron chi connectivity index (χ4n) is 4.21. The molecule has 3 rings (SSSR count). The molecule has 2 heterocycles. The number of ether oxygens (including phenoxy) is 1. The molecule has 2 N–H and O–H groups in total. The molecule has 0 radical (unpaired) electrons. The molecule has 1 aliphatic heterocycles. The molecule has 2 amide bonds. The van der Waals surface area contributed by atoms with E-state index in [0.717, 1.165) is 12.8 Å². The van der Waals surface area contributed by atoms with Crippen LogP contribution in [0.1, 0.15) is 59.8 Å². The maximum atomic E-state index is 13.2. The van der Waals surface area contributed by atoms with E-state index in [2.05, 4.69) is 10.4 Å². The number of hydrogen-bond donors (Lipinski definition) is 2. The summed E-state index contributed by atoms with van der Waals surface area (Å²) < 4.78 is 7.30. The minimum absolute atomic E-state index is 0.0224. The normalized spacial score (nSPS) is 18.8. The molecule has 0 unspecified atom stereocenters. The zero-order valence-electron chi connectivity index (χ0n) is 18.4. The van der Waals surface area contributed by atoms with E-state index < -0.39 is 11.6 Å². The number of aromatic nitrogens is 2. The Morgan fingerprint density at radius 1 is 1.37 bits per heavy atom. The number of nitrogens with one attached hydrogen (secondary N) is 1. The van der Waals surface area contributed by atoms with E-state index in [1.807, 2.05) is 13.8 Å². The maximum Gasteiger partial charge on any atom is 0.251 e. The zero-order valence-corrected chi connectivity index (χ0v) is 18.4. The molecule has 166 valence electrons. The van der Waals surface area contributed by atoms with Gasteiger partial charge in [-0.25, -0.2) is 0 Å². The second-order valence-corrected chi connectivity index (χ2v) is 9.35. The topological polar surface area (TPSA) is 96.7 Å². The Hall–Kier alpha value is -2.35. The highest BCUT2D eigenvalue weighted by Gasteiger charge is 2.36. The monoisotopic (exact) mass is 418 g/mol. The fourth-order valence-corrected chi connectivity index (χ4v) is 4.21. The van der Waals surface area contributed by atoms with Crippen molar-refractivity contribution >= 4 is 17.6 Å². The lowest BCUT2D eigenvalue weighted by molar-refractivity contribution is -0.134. The summed E-state index contributed by atoms with van der Waals surface area (Å²) in [6, 6.07) is 1.14. The number of carbonyl (C=O) groups is 2. The minimum atomic E-state index is -0.904. The molecule has 1 saturated carbocycles. The number of rotatable bonds is 9. The van der Waals surface area contributed by atoms with E-state index in [1.54, 1.807) is 35.7 Å². The van der Waals surface area contributed by atoms with E-state index in [-0.39, 0.29) is 17.9 Å². The van der Waals surface area contributed by atoms with Crippen molar-refractivity contribution in [2.75, 3.05) is 11.9 Å². The van der Waals surface area contributed by atoms with Crippen molar-refractivity contribution in [2.24, 2.45) is 5.92 Å². The van der Waals surface area contributed by atoms with Crippen LogP contribution in [-0.2, 0) is 20.9 Å². The summed E-state index contributed by atoms with van der Waals surface area (Å²) in [7, 11) is 0. The summed E-state index contributed by atoms with van der Waals surface area (Å²) in [5, 5.41) is 17.2. The SMILES string of the molecule is CC(C)OC1=CC(=O)N([C@@H](CC2CCCC2)C(=O)Nc2ccn(CC(C)(C)O)n2)C1. The van der Waals surface area contributed by atoms with Crippen molar-refractivity contribution in [3.8, 4) is 0 Å². The summed E-state index contributed by atoms with van der Waals surface area (Å²) in [6.45, 7) is 7.87. The van der Waals surface area contributed by atoms with E-state index in [9.17, 15) is 14.7 Å². The number of hydrogen-bond acceptors (Lipinski definition) is 5. The molecule has 1 aliphatic carbocycles. The van der Waals surface area contributed by atoms with Gasteiger partial charge in [-0.2, -0.15) is 5.10 Å². The molecule has 1 aromatic heterocycles.